The molecular weight excluding hydrogens is 455 g/mol. The van der Waals surface area contributed by atoms with Gasteiger partial charge in [0.1, 0.15) is 10.7 Å². The van der Waals surface area contributed by atoms with Crippen LogP contribution in [0, 0.1) is 0 Å². The molecule has 0 atom stereocenters. The monoisotopic (exact) mass is 471 g/mol. The molecule has 1 N–H and O–H groups in total. The van der Waals surface area contributed by atoms with Gasteiger partial charge in [-0.05, 0) is 43.2 Å². The lowest BCUT2D eigenvalue weighted by atomic mass is 10.1. The summed E-state index contributed by atoms with van der Waals surface area (Å²) in [5.41, 5.74) is -0.834. The van der Waals surface area contributed by atoms with Gasteiger partial charge >= 0.3 is 6.18 Å². The molecular formula is C20H17ClF3N3O3S. The van der Waals surface area contributed by atoms with Crippen LogP contribution in [0.15, 0.2) is 45.7 Å². The number of sulfonamides is 1. The second-order valence-corrected chi connectivity index (χ2v) is 9.26. The fourth-order valence-corrected chi connectivity index (χ4v) is 5.15. The minimum Gasteiger partial charge on any atom is -0.328 e. The standard InChI is InChI=1S/C20H17ClF3N3O3S/c21-15-11-16-17(31(29,30)26-18-7-2-1-3-8-27(16)18)10-14(15)19(28)25-13-6-4-5-12(9-13)20(22,23)24/h4-6,9-11H,1-3,7-8H2,(H,25,28). The van der Waals surface area contributed by atoms with E-state index in [4.69, 9.17) is 11.6 Å². The van der Waals surface area contributed by atoms with Gasteiger partial charge in [-0.3, -0.25) is 4.79 Å². The number of hydrogen-bond acceptors (Lipinski definition) is 4. The third-order valence-corrected chi connectivity index (χ3v) is 6.78. The van der Waals surface area contributed by atoms with E-state index in [1.54, 1.807) is 4.90 Å². The van der Waals surface area contributed by atoms with E-state index >= 15 is 0 Å². The molecule has 2 aromatic rings. The molecule has 1 fully saturated rings. The summed E-state index contributed by atoms with van der Waals surface area (Å²) in [6.45, 7) is 0.577. The number of fused-ring (bicyclic) bond motifs is 3. The number of benzene rings is 2. The van der Waals surface area contributed by atoms with E-state index in [1.807, 2.05) is 0 Å². The summed E-state index contributed by atoms with van der Waals surface area (Å²) in [6, 6.07) is 6.65. The molecule has 1 saturated heterocycles. The minimum atomic E-state index is -4.57. The lowest BCUT2D eigenvalue weighted by molar-refractivity contribution is -0.137. The molecule has 4 rings (SSSR count). The number of alkyl halides is 3. The van der Waals surface area contributed by atoms with Crippen LogP contribution in [0.1, 0.15) is 41.6 Å². The predicted molar refractivity (Wildman–Crippen MR) is 111 cm³/mol. The van der Waals surface area contributed by atoms with Gasteiger partial charge in [0.25, 0.3) is 15.9 Å². The molecule has 164 valence electrons. The van der Waals surface area contributed by atoms with Crippen LogP contribution in [0.4, 0.5) is 24.5 Å². The van der Waals surface area contributed by atoms with Gasteiger partial charge < -0.3 is 10.2 Å². The van der Waals surface area contributed by atoms with Crippen molar-refractivity contribution < 1.29 is 26.4 Å². The van der Waals surface area contributed by atoms with Crippen molar-refractivity contribution in [3.05, 3.63) is 52.5 Å². The van der Waals surface area contributed by atoms with Crippen molar-refractivity contribution in [2.45, 2.75) is 36.8 Å². The summed E-state index contributed by atoms with van der Waals surface area (Å²) in [5.74, 6) is -0.379. The highest BCUT2D eigenvalue weighted by atomic mass is 35.5. The molecule has 0 spiro atoms. The molecule has 0 unspecified atom stereocenters. The van der Waals surface area contributed by atoms with Crippen molar-refractivity contribution >= 4 is 44.7 Å². The first kappa shape index (κ1) is 21.6. The number of nitrogens with one attached hydrogen (secondary N) is 1. The molecule has 2 heterocycles. The second kappa shape index (κ2) is 7.83. The average Bonchev–Trinajstić information content (AvgIpc) is 2.92. The molecule has 31 heavy (non-hydrogen) atoms. The number of carbonyl (C=O) groups is 1. The molecule has 11 heteroatoms. The van der Waals surface area contributed by atoms with Crippen LogP contribution in [0.5, 0.6) is 0 Å². The third kappa shape index (κ3) is 4.27. The van der Waals surface area contributed by atoms with Crippen molar-refractivity contribution in [3.8, 4) is 0 Å². The number of amides is 1. The fourth-order valence-electron chi connectivity index (χ4n) is 3.64. The maximum atomic E-state index is 12.9. The molecule has 1 amide bonds. The molecule has 0 bridgehead atoms. The van der Waals surface area contributed by atoms with E-state index in [9.17, 15) is 26.4 Å². The van der Waals surface area contributed by atoms with E-state index in [2.05, 4.69) is 9.71 Å². The Morgan fingerprint density at radius 2 is 1.90 bits per heavy atom. The normalized spacial score (nSPS) is 17.8. The maximum Gasteiger partial charge on any atom is 0.416 e. The molecule has 0 saturated carbocycles. The van der Waals surface area contributed by atoms with Gasteiger partial charge in [0.05, 0.1) is 21.8 Å². The quantitative estimate of drug-likeness (QED) is 0.661. The topological polar surface area (TPSA) is 78.8 Å². The van der Waals surface area contributed by atoms with Gasteiger partial charge in [-0.1, -0.05) is 24.1 Å². The second-order valence-electron chi connectivity index (χ2n) is 7.28. The Morgan fingerprint density at radius 3 is 2.65 bits per heavy atom. The molecule has 0 radical (unpaired) electrons. The molecule has 2 aliphatic heterocycles. The summed E-state index contributed by atoms with van der Waals surface area (Å²) >= 11 is 6.29. The van der Waals surface area contributed by atoms with Crippen LogP contribution in [0.3, 0.4) is 0 Å². The zero-order valence-corrected chi connectivity index (χ0v) is 17.6. The number of amidine groups is 1. The first-order valence-electron chi connectivity index (χ1n) is 9.50. The highest BCUT2D eigenvalue weighted by molar-refractivity contribution is 7.90. The van der Waals surface area contributed by atoms with Gasteiger partial charge in [-0.2, -0.15) is 21.6 Å². The van der Waals surface area contributed by atoms with Crippen molar-refractivity contribution in [1.82, 2.24) is 0 Å². The zero-order valence-electron chi connectivity index (χ0n) is 16.0. The molecule has 0 aromatic heterocycles. The van der Waals surface area contributed by atoms with Gasteiger partial charge in [0.2, 0.25) is 0 Å². The predicted octanol–water partition coefficient (Wildman–Crippen LogP) is 5.09. The van der Waals surface area contributed by atoms with E-state index in [-0.39, 0.29) is 21.2 Å². The number of anilines is 2. The van der Waals surface area contributed by atoms with E-state index in [1.165, 1.54) is 12.1 Å². The number of halogens is 4. The van der Waals surface area contributed by atoms with E-state index < -0.39 is 27.7 Å². The highest BCUT2D eigenvalue weighted by Crippen LogP contribution is 2.38. The van der Waals surface area contributed by atoms with Gasteiger partial charge in [-0.25, -0.2) is 0 Å². The summed E-state index contributed by atoms with van der Waals surface area (Å²) in [7, 11) is -4.04. The molecule has 2 aromatic carbocycles. The zero-order chi connectivity index (χ0) is 22.4. The lowest BCUT2D eigenvalue weighted by Crippen LogP contribution is -2.35. The molecule has 0 aliphatic carbocycles. The third-order valence-electron chi connectivity index (χ3n) is 5.13. The van der Waals surface area contributed by atoms with Gasteiger partial charge in [-0.15, -0.1) is 4.40 Å². The van der Waals surface area contributed by atoms with Crippen LogP contribution in [0.2, 0.25) is 5.02 Å². The summed E-state index contributed by atoms with van der Waals surface area (Å²) < 4.78 is 68.1. The first-order valence-corrected chi connectivity index (χ1v) is 11.3. The Bertz CT molecular complexity index is 1200. The van der Waals surface area contributed by atoms with Crippen LogP contribution in [-0.2, 0) is 16.2 Å². The highest BCUT2D eigenvalue weighted by Gasteiger charge is 2.34. The smallest absolute Gasteiger partial charge is 0.328 e. The van der Waals surface area contributed by atoms with Crippen LogP contribution in [-0.4, -0.2) is 26.7 Å². The SMILES string of the molecule is O=C(Nc1cccc(C(F)(F)F)c1)c1cc2c(cc1Cl)N1CCCCCC1=NS2(=O)=O. The average molecular weight is 472 g/mol. The summed E-state index contributed by atoms with van der Waals surface area (Å²) in [4.78, 5) is 14.3. The Labute approximate surface area is 181 Å². The molecule has 6 nitrogen and oxygen atoms in total. The number of rotatable bonds is 2. The number of hydrogen-bond donors (Lipinski definition) is 1. The summed E-state index contributed by atoms with van der Waals surface area (Å²) in [5, 5.41) is 2.33. The number of carbonyl (C=O) groups excluding carboxylic acids is 1. The summed E-state index contributed by atoms with van der Waals surface area (Å²) in [6.07, 6.45) is -1.43. The maximum absolute atomic E-state index is 12.9. The van der Waals surface area contributed by atoms with E-state index in [0.717, 1.165) is 43.5 Å². The Kier molecular flexibility index (Phi) is 5.47. The Morgan fingerprint density at radius 1 is 1.13 bits per heavy atom. The fraction of sp³-hybridized carbons (Fsp3) is 0.300. The van der Waals surface area contributed by atoms with Crippen LogP contribution in [0.25, 0.3) is 0 Å². The lowest BCUT2D eigenvalue weighted by Gasteiger charge is -2.30. The van der Waals surface area contributed by atoms with Gasteiger partial charge in [0, 0.05) is 18.7 Å². The minimum absolute atomic E-state index is 0.0103. The first-order chi connectivity index (χ1) is 14.6. The largest absolute Gasteiger partial charge is 0.416 e. The van der Waals surface area contributed by atoms with Crippen molar-refractivity contribution in [1.29, 1.82) is 0 Å². The molecule has 2 aliphatic rings. The number of nitrogens with zero attached hydrogens (tertiary/aromatic N) is 2. The van der Waals surface area contributed by atoms with Crippen LogP contribution >= 0.6 is 11.6 Å². The Hall–Kier alpha value is -2.59. The Balaban J connectivity index is 1.70. The van der Waals surface area contributed by atoms with Crippen molar-refractivity contribution in [2.24, 2.45) is 4.40 Å². The van der Waals surface area contributed by atoms with Crippen molar-refractivity contribution in [3.63, 3.8) is 0 Å². The van der Waals surface area contributed by atoms with Crippen molar-refractivity contribution in [2.75, 3.05) is 16.8 Å². The van der Waals surface area contributed by atoms with Gasteiger partial charge in [0.15, 0.2) is 0 Å². The van der Waals surface area contributed by atoms with E-state index in [0.29, 0.717) is 24.5 Å². The van der Waals surface area contributed by atoms with Crippen LogP contribution < -0.4 is 10.2 Å².